The van der Waals surface area contributed by atoms with E-state index in [2.05, 4.69) is 27.8 Å². The van der Waals surface area contributed by atoms with Crippen LogP contribution in [0.1, 0.15) is 19.3 Å². The minimum atomic E-state index is 0.664. The second kappa shape index (κ2) is 5.96. The van der Waals surface area contributed by atoms with Gasteiger partial charge < -0.3 is 10.6 Å². The molecule has 1 aromatic rings. The fourth-order valence-corrected chi connectivity index (χ4v) is 2.53. The summed E-state index contributed by atoms with van der Waals surface area (Å²) in [5.74, 6) is 0.732. The highest BCUT2D eigenvalue weighted by Crippen LogP contribution is 2.19. The van der Waals surface area contributed by atoms with Gasteiger partial charge in [-0.2, -0.15) is 0 Å². The number of thiocarbonyl (C=S) groups is 1. The van der Waals surface area contributed by atoms with E-state index in [1.165, 1.54) is 12.8 Å². The van der Waals surface area contributed by atoms with Gasteiger partial charge in [-0.3, -0.25) is 0 Å². The molecule has 0 saturated carbocycles. The average molecular weight is 253 g/mol. The van der Waals surface area contributed by atoms with Crippen LogP contribution in [0.4, 0.5) is 5.13 Å². The Bertz CT molecular complexity index is 359. The van der Waals surface area contributed by atoms with E-state index in [1.807, 2.05) is 5.38 Å². The van der Waals surface area contributed by atoms with Crippen LogP contribution in [0.25, 0.3) is 0 Å². The highest BCUT2D eigenvalue weighted by molar-refractivity contribution is 7.80. The lowest BCUT2D eigenvalue weighted by Crippen LogP contribution is -2.29. The zero-order valence-electron chi connectivity index (χ0n) is 8.98. The maximum absolute atomic E-state index is 5.17. The van der Waals surface area contributed by atoms with Gasteiger partial charge >= 0.3 is 0 Å². The van der Waals surface area contributed by atoms with E-state index in [0.29, 0.717) is 5.11 Å². The number of hydrogen-bond acceptors (Lipinski definition) is 3. The van der Waals surface area contributed by atoms with Crippen molar-refractivity contribution in [3.05, 3.63) is 23.7 Å². The normalized spacial score (nSPS) is 18.6. The second-order valence-corrected chi connectivity index (χ2v) is 5.08. The summed E-state index contributed by atoms with van der Waals surface area (Å²) in [5.41, 5.74) is 0. The summed E-state index contributed by atoms with van der Waals surface area (Å²) in [5, 5.41) is 9.69. The Labute approximate surface area is 105 Å². The molecule has 1 unspecified atom stereocenters. The second-order valence-electron chi connectivity index (χ2n) is 3.77. The molecule has 16 heavy (non-hydrogen) atoms. The topological polar surface area (TPSA) is 37.0 Å². The molecular weight excluding hydrogens is 238 g/mol. The lowest BCUT2D eigenvalue weighted by atomic mass is 10.1. The fourth-order valence-electron chi connectivity index (χ4n) is 1.73. The number of rotatable bonds is 4. The van der Waals surface area contributed by atoms with Gasteiger partial charge in [0.15, 0.2) is 10.2 Å². The molecule has 1 atom stereocenters. The molecule has 86 valence electrons. The molecule has 1 heterocycles. The van der Waals surface area contributed by atoms with Gasteiger partial charge in [0.2, 0.25) is 0 Å². The quantitative estimate of drug-likeness (QED) is 0.639. The Balaban J connectivity index is 1.62. The van der Waals surface area contributed by atoms with Gasteiger partial charge in [0, 0.05) is 18.1 Å². The van der Waals surface area contributed by atoms with E-state index in [9.17, 15) is 0 Å². The largest absolute Gasteiger partial charge is 0.362 e. The molecule has 2 N–H and O–H groups in total. The first kappa shape index (κ1) is 11.5. The molecular formula is C11H15N3S2. The highest BCUT2D eigenvalue weighted by atomic mass is 32.1. The number of aromatic nitrogens is 1. The van der Waals surface area contributed by atoms with Gasteiger partial charge in [-0.25, -0.2) is 4.98 Å². The Kier molecular flexibility index (Phi) is 4.30. The van der Waals surface area contributed by atoms with Crippen LogP contribution in [-0.4, -0.2) is 16.6 Å². The molecule has 3 nitrogen and oxygen atoms in total. The lowest BCUT2D eigenvalue weighted by molar-refractivity contribution is 0.572. The van der Waals surface area contributed by atoms with Gasteiger partial charge in [-0.1, -0.05) is 12.2 Å². The molecule has 1 aliphatic rings. The number of anilines is 1. The van der Waals surface area contributed by atoms with E-state index in [-0.39, 0.29) is 0 Å². The summed E-state index contributed by atoms with van der Waals surface area (Å²) in [4.78, 5) is 4.11. The zero-order chi connectivity index (χ0) is 11.2. The van der Waals surface area contributed by atoms with Crippen molar-refractivity contribution < 1.29 is 0 Å². The standard InChI is InChI=1S/C11H15N3S2/c15-10(14-11-13-7-8-16-11)12-6-5-9-3-1-2-4-9/h1,3,7-9H,2,4-6H2,(H2,12,13,14,15). The molecule has 5 heteroatoms. The van der Waals surface area contributed by atoms with Crippen molar-refractivity contribution in [1.82, 2.24) is 10.3 Å². The van der Waals surface area contributed by atoms with Crippen LogP contribution in [0.15, 0.2) is 23.7 Å². The summed E-state index contributed by atoms with van der Waals surface area (Å²) in [6.07, 6.45) is 9.99. The molecule has 1 aliphatic carbocycles. The molecule has 0 aromatic carbocycles. The molecule has 2 rings (SSSR count). The third-order valence-electron chi connectivity index (χ3n) is 2.57. The molecule has 0 radical (unpaired) electrons. The maximum atomic E-state index is 5.17. The minimum absolute atomic E-state index is 0.664. The van der Waals surface area contributed by atoms with Gasteiger partial charge in [0.25, 0.3) is 0 Å². The summed E-state index contributed by atoms with van der Waals surface area (Å²) >= 11 is 6.72. The number of allylic oxidation sites excluding steroid dienone is 2. The van der Waals surface area contributed by atoms with Gasteiger partial charge in [-0.15, -0.1) is 11.3 Å². The van der Waals surface area contributed by atoms with Crippen LogP contribution in [-0.2, 0) is 0 Å². The van der Waals surface area contributed by atoms with E-state index in [0.717, 1.165) is 24.0 Å². The van der Waals surface area contributed by atoms with Crippen molar-refractivity contribution in [1.29, 1.82) is 0 Å². The molecule has 0 spiro atoms. The van der Waals surface area contributed by atoms with Crippen molar-refractivity contribution in [2.75, 3.05) is 11.9 Å². The highest BCUT2D eigenvalue weighted by Gasteiger charge is 2.08. The first-order valence-corrected chi connectivity index (χ1v) is 6.74. The van der Waals surface area contributed by atoms with Crippen molar-refractivity contribution in [2.45, 2.75) is 19.3 Å². The minimum Gasteiger partial charge on any atom is -0.362 e. The number of hydrogen-bond donors (Lipinski definition) is 2. The van der Waals surface area contributed by atoms with E-state index in [1.54, 1.807) is 17.5 Å². The monoisotopic (exact) mass is 253 g/mol. The SMILES string of the molecule is S=C(NCCC1C=CCC1)Nc1nccs1. The zero-order valence-corrected chi connectivity index (χ0v) is 10.6. The third-order valence-corrected chi connectivity index (χ3v) is 3.50. The fraction of sp³-hybridized carbons (Fsp3) is 0.455. The predicted molar refractivity (Wildman–Crippen MR) is 72.8 cm³/mol. The van der Waals surface area contributed by atoms with E-state index >= 15 is 0 Å². The molecule has 0 amide bonds. The van der Waals surface area contributed by atoms with Gasteiger partial charge in [0.1, 0.15) is 0 Å². The van der Waals surface area contributed by atoms with Crippen molar-refractivity contribution in [3.63, 3.8) is 0 Å². The van der Waals surface area contributed by atoms with E-state index < -0.39 is 0 Å². The van der Waals surface area contributed by atoms with Crippen LogP contribution in [0.5, 0.6) is 0 Å². The Morgan fingerprint density at radius 1 is 1.62 bits per heavy atom. The average Bonchev–Trinajstić information content (AvgIpc) is 2.90. The smallest absolute Gasteiger partial charge is 0.188 e. The Morgan fingerprint density at radius 3 is 3.25 bits per heavy atom. The predicted octanol–water partition coefficient (Wildman–Crippen LogP) is 2.79. The van der Waals surface area contributed by atoms with Crippen LogP contribution in [0.2, 0.25) is 0 Å². The van der Waals surface area contributed by atoms with Crippen LogP contribution in [0.3, 0.4) is 0 Å². The number of thiazole rings is 1. The Hall–Kier alpha value is -0.940. The van der Waals surface area contributed by atoms with Crippen LogP contribution in [0, 0.1) is 5.92 Å². The number of nitrogens with zero attached hydrogens (tertiary/aromatic N) is 1. The summed E-state index contributed by atoms with van der Waals surface area (Å²) < 4.78 is 0. The number of nitrogens with one attached hydrogen (secondary N) is 2. The molecule has 0 bridgehead atoms. The van der Waals surface area contributed by atoms with Crippen LogP contribution >= 0.6 is 23.6 Å². The first-order valence-electron chi connectivity index (χ1n) is 5.45. The lowest BCUT2D eigenvalue weighted by Gasteiger charge is -2.10. The van der Waals surface area contributed by atoms with Crippen molar-refractivity contribution >= 4 is 33.8 Å². The molecule has 0 saturated heterocycles. The van der Waals surface area contributed by atoms with Crippen molar-refractivity contribution in [2.24, 2.45) is 5.92 Å². The summed E-state index contributed by atoms with van der Waals surface area (Å²) in [7, 11) is 0. The molecule has 0 aliphatic heterocycles. The van der Waals surface area contributed by atoms with E-state index in [4.69, 9.17) is 12.2 Å². The van der Waals surface area contributed by atoms with Gasteiger partial charge in [-0.05, 0) is 37.4 Å². The maximum Gasteiger partial charge on any atom is 0.188 e. The van der Waals surface area contributed by atoms with Crippen molar-refractivity contribution in [3.8, 4) is 0 Å². The van der Waals surface area contributed by atoms with Gasteiger partial charge in [0.05, 0.1) is 0 Å². The molecule has 1 aromatic heterocycles. The third kappa shape index (κ3) is 3.57. The Morgan fingerprint density at radius 2 is 2.56 bits per heavy atom. The summed E-state index contributed by atoms with van der Waals surface area (Å²) in [6, 6.07) is 0. The molecule has 0 fully saturated rings. The summed E-state index contributed by atoms with van der Waals surface area (Å²) in [6.45, 7) is 0.923. The first-order chi connectivity index (χ1) is 7.84. The van der Waals surface area contributed by atoms with Crippen LogP contribution < -0.4 is 10.6 Å².